The maximum Gasteiger partial charge on any atom is 0.250 e. The van der Waals surface area contributed by atoms with Crippen LogP contribution < -0.4 is 9.47 Å². The number of carbonyl (C=O) groups is 1. The number of sulfone groups is 1. The van der Waals surface area contributed by atoms with Gasteiger partial charge in [-0.2, -0.15) is 4.99 Å². The first-order chi connectivity index (χ1) is 12.9. The van der Waals surface area contributed by atoms with E-state index in [1.165, 1.54) is 11.8 Å². The maximum atomic E-state index is 12.3. The second kappa shape index (κ2) is 7.01. The summed E-state index contributed by atoms with van der Waals surface area (Å²) in [6, 6.07) is 5.53. The summed E-state index contributed by atoms with van der Waals surface area (Å²) in [7, 11) is -3.06. The molecule has 3 atom stereocenters. The summed E-state index contributed by atoms with van der Waals surface area (Å²) < 4.78 is 35.0. The Hall–Kier alpha value is -1.74. The summed E-state index contributed by atoms with van der Waals surface area (Å²) in [6.07, 6.45) is 0.726. The van der Waals surface area contributed by atoms with Crippen molar-refractivity contribution in [3.05, 3.63) is 23.8 Å². The lowest BCUT2D eigenvalue weighted by Gasteiger charge is -2.24. The molecule has 3 aliphatic rings. The zero-order valence-electron chi connectivity index (χ0n) is 15.3. The Labute approximate surface area is 163 Å². The molecule has 2 saturated heterocycles. The van der Waals surface area contributed by atoms with Gasteiger partial charge in [-0.15, -0.1) is 0 Å². The van der Waals surface area contributed by atoms with Gasteiger partial charge in [0.05, 0.1) is 17.5 Å². The van der Waals surface area contributed by atoms with Crippen LogP contribution in [0.3, 0.4) is 0 Å². The van der Waals surface area contributed by atoms with Crippen LogP contribution in [0.5, 0.6) is 11.5 Å². The Kier molecular flexibility index (Phi) is 4.84. The molecule has 27 heavy (non-hydrogen) atoms. The number of ether oxygens (including phenoxy) is 2. The zero-order chi connectivity index (χ0) is 19.2. The van der Waals surface area contributed by atoms with Gasteiger partial charge in [-0.25, -0.2) is 8.42 Å². The van der Waals surface area contributed by atoms with Crippen LogP contribution >= 0.6 is 11.8 Å². The van der Waals surface area contributed by atoms with Crippen molar-refractivity contribution in [2.45, 2.75) is 38.1 Å². The van der Waals surface area contributed by atoms with Gasteiger partial charge in [0.25, 0.3) is 5.91 Å². The molecule has 1 aromatic carbocycles. The second-order valence-corrected chi connectivity index (χ2v) is 10.5. The zero-order valence-corrected chi connectivity index (χ0v) is 16.9. The van der Waals surface area contributed by atoms with Crippen LogP contribution in [0.25, 0.3) is 0 Å². The van der Waals surface area contributed by atoms with E-state index in [9.17, 15) is 13.2 Å². The summed E-state index contributed by atoms with van der Waals surface area (Å²) in [5.41, 5.74) is 0.966. The Morgan fingerprint density at radius 1 is 1.33 bits per heavy atom. The van der Waals surface area contributed by atoms with E-state index in [-0.39, 0.29) is 41.4 Å². The molecule has 4 rings (SSSR count). The molecule has 0 N–H and O–H groups in total. The van der Waals surface area contributed by atoms with Gasteiger partial charge in [-0.3, -0.25) is 4.79 Å². The Morgan fingerprint density at radius 3 is 2.89 bits per heavy atom. The molecule has 0 aliphatic carbocycles. The summed E-state index contributed by atoms with van der Waals surface area (Å²) >= 11 is 1.41. The van der Waals surface area contributed by atoms with Gasteiger partial charge >= 0.3 is 0 Å². The lowest BCUT2D eigenvalue weighted by Crippen LogP contribution is -2.37. The van der Waals surface area contributed by atoms with Gasteiger partial charge in [0, 0.05) is 17.7 Å². The normalized spacial score (nSPS) is 27.8. The van der Waals surface area contributed by atoms with Crippen LogP contribution in [-0.4, -0.2) is 54.0 Å². The number of hydrogen-bond acceptors (Lipinski definition) is 6. The number of benzene rings is 1. The smallest absolute Gasteiger partial charge is 0.250 e. The predicted molar refractivity (Wildman–Crippen MR) is 104 cm³/mol. The number of rotatable bonds is 4. The fourth-order valence-corrected chi connectivity index (χ4v) is 7.39. The minimum Gasteiger partial charge on any atom is -0.454 e. The summed E-state index contributed by atoms with van der Waals surface area (Å²) in [5.74, 6) is 1.33. The number of thioether (sulfide) groups is 1. The minimum absolute atomic E-state index is 0.0764. The van der Waals surface area contributed by atoms with Gasteiger partial charge < -0.3 is 14.4 Å². The average molecular weight is 411 g/mol. The SMILES string of the molecule is CC[C@H](C)C(=O)N=C1S[C@H]2CS(=O)(=O)C[C@@H]2N1Cc1ccc2c(c1)OCO2. The van der Waals surface area contributed by atoms with Crippen LogP contribution in [0.15, 0.2) is 23.2 Å². The number of fused-ring (bicyclic) bond motifs is 2. The van der Waals surface area contributed by atoms with E-state index >= 15 is 0 Å². The lowest BCUT2D eigenvalue weighted by molar-refractivity contribution is -0.121. The lowest BCUT2D eigenvalue weighted by atomic mass is 10.1. The molecule has 0 bridgehead atoms. The van der Waals surface area contributed by atoms with Gasteiger partial charge in [-0.05, 0) is 24.1 Å². The van der Waals surface area contributed by atoms with Crippen molar-refractivity contribution < 1.29 is 22.7 Å². The Morgan fingerprint density at radius 2 is 2.11 bits per heavy atom. The third-order valence-corrected chi connectivity index (χ3v) is 8.45. The summed E-state index contributed by atoms with van der Waals surface area (Å²) in [5, 5.41) is 0.551. The van der Waals surface area contributed by atoms with Crippen molar-refractivity contribution in [1.29, 1.82) is 0 Å². The quantitative estimate of drug-likeness (QED) is 0.751. The van der Waals surface area contributed by atoms with Crippen LogP contribution in [-0.2, 0) is 21.2 Å². The van der Waals surface area contributed by atoms with Crippen LogP contribution in [0, 0.1) is 5.92 Å². The summed E-state index contributed by atoms with van der Waals surface area (Å²) in [4.78, 5) is 18.7. The molecule has 2 fully saturated rings. The third kappa shape index (κ3) is 3.67. The van der Waals surface area contributed by atoms with E-state index in [1.54, 1.807) is 0 Å². The number of amidine groups is 1. The highest BCUT2D eigenvalue weighted by atomic mass is 32.2. The monoisotopic (exact) mass is 410 g/mol. The van der Waals surface area contributed by atoms with Crippen molar-refractivity contribution in [1.82, 2.24) is 4.90 Å². The molecule has 3 heterocycles. The molecule has 7 nitrogen and oxygen atoms in total. The second-order valence-electron chi connectivity index (χ2n) is 7.16. The highest BCUT2D eigenvalue weighted by Crippen LogP contribution is 2.40. The van der Waals surface area contributed by atoms with Crippen molar-refractivity contribution in [3.8, 4) is 11.5 Å². The van der Waals surface area contributed by atoms with E-state index < -0.39 is 9.84 Å². The number of hydrogen-bond donors (Lipinski definition) is 0. The van der Waals surface area contributed by atoms with Crippen LogP contribution in [0.1, 0.15) is 25.8 Å². The molecular formula is C18H22N2O5S2. The van der Waals surface area contributed by atoms with E-state index in [0.29, 0.717) is 23.2 Å². The van der Waals surface area contributed by atoms with Crippen molar-refractivity contribution in [3.63, 3.8) is 0 Å². The standard InChI is InChI=1S/C18H22N2O5S2/c1-3-11(2)17(21)19-18-20(13-8-27(22,23)9-16(13)26-18)7-12-4-5-14-15(6-12)25-10-24-14/h4-6,11,13,16H,3,7-10H2,1-2H3/t11-,13-,16-/m0/s1. The molecule has 3 aliphatic heterocycles. The fourth-order valence-electron chi connectivity index (χ4n) is 3.44. The van der Waals surface area contributed by atoms with Gasteiger partial charge in [0.15, 0.2) is 26.5 Å². The number of carbonyl (C=O) groups excluding carboxylic acids is 1. The third-order valence-electron chi connectivity index (χ3n) is 5.20. The molecule has 1 amide bonds. The van der Waals surface area contributed by atoms with E-state index in [1.807, 2.05) is 36.9 Å². The van der Waals surface area contributed by atoms with Crippen LogP contribution in [0.4, 0.5) is 0 Å². The van der Waals surface area contributed by atoms with Crippen LogP contribution in [0.2, 0.25) is 0 Å². The van der Waals surface area contributed by atoms with Crippen molar-refractivity contribution >= 4 is 32.7 Å². The fraction of sp³-hybridized carbons (Fsp3) is 0.556. The minimum atomic E-state index is -3.06. The molecule has 0 radical (unpaired) electrons. The van der Waals surface area contributed by atoms with Crippen molar-refractivity contribution in [2.24, 2.45) is 10.9 Å². The molecule has 0 saturated carbocycles. The predicted octanol–water partition coefficient (Wildman–Crippen LogP) is 2.06. The highest BCUT2D eigenvalue weighted by Gasteiger charge is 2.48. The number of amides is 1. The topological polar surface area (TPSA) is 85.3 Å². The molecule has 146 valence electrons. The first-order valence-corrected chi connectivity index (χ1v) is 11.7. The molecular weight excluding hydrogens is 388 g/mol. The molecule has 0 aromatic heterocycles. The van der Waals surface area contributed by atoms with E-state index in [0.717, 1.165) is 12.0 Å². The summed E-state index contributed by atoms with van der Waals surface area (Å²) in [6.45, 7) is 4.50. The molecule has 0 unspecified atom stereocenters. The average Bonchev–Trinajstić information content (AvgIpc) is 3.28. The van der Waals surface area contributed by atoms with Gasteiger partial charge in [-0.1, -0.05) is 31.7 Å². The first-order valence-electron chi connectivity index (χ1n) is 9.01. The van der Waals surface area contributed by atoms with E-state index in [4.69, 9.17) is 9.47 Å². The Balaban J connectivity index is 1.62. The van der Waals surface area contributed by atoms with Gasteiger partial charge in [0.1, 0.15) is 0 Å². The Bertz CT molecular complexity index is 899. The van der Waals surface area contributed by atoms with Crippen molar-refractivity contribution in [2.75, 3.05) is 18.3 Å². The molecule has 0 spiro atoms. The van der Waals surface area contributed by atoms with E-state index in [2.05, 4.69) is 4.99 Å². The first kappa shape index (κ1) is 18.6. The molecule has 9 heteroatoms. The largest absolute Gasteiger partial charge is 0.454 e. The highest BCUT2D eigenvalue weighted by molar-refractivity contribution is 8.15. The molecule has 1 aromatic rings. The number of aliphatic imine (C=N–C) groups is 1. The number of nitrogens with zero attached hydrogens (tertiary/aromatic N) is 2. The maximum absolute atomic E-state index is 12.3. The van der Waals surface area contributed by atoms with Gasteiger partial charge in [0.2, 0.25) is 6.79 Å².